The van der Waals surface area contributed by atoms with Crippen LogP contribution in [-0.4, -0.2) is 48.5 Å². The van der Waals surface area contributed by atoms with Crippen LogP contribution < -0.4 is 10.2 Å². The van der Waals surface area contributed by atoms with E-state index in [1.54, 1.807) is 24.3 Å². The van der Waals surface area contributed by atoms with E-state index in [2.05, 4.69) is 20.1 Å². The highest BCUT2D eigenvalue weighted by Gasteiger charge is 2.20. The van der Waals surface area contributed by atoms with Gasteiger partial charge >= 0.3 is 0 Å². The minimum atomic E-state index is -0.238. The molecule has 1 saturated heterocycles. The minimum Gasteiger partial charge on any atom is -0.369 e. The first kappa shape index (κ1) is 21.1. The normalized spacial score (nSPS) is 14.7. The van der Waals surface area contributed by atoms with Crippen LogP contribution in [0.4, 0.5) is 15.2 Å². The highest BCUT2D eigenvalue weighted by molar-refractivity contribution is 7.14. The van der Waals surface area contributed by atoms with E-state index in [1.807, 2.05) is 11.4 Å². The number of hydrogen-bond acceptors (Lipinski definition) is 5. The summed E-state index contributed by atoms with van der Waals surface area (Å²) in [6, 6.07) is 11.7. The number of anilines is 2. The maximum absolute atomic E-state index is 13.1. The molecule has 30 heavy (non-hydrogen) atoms. The molecular formula is C21H19Cl2FN4OS. The maximum Gasteiger partial charge on any atom is 0.240 e. The molecule has 0 aliphatic carbocycles. The molecule has 156 valence electrons. The molecule has 0 bridgehead atoms. The topological polar surface area (TPSA) is 48.5 Å². The van der Waals surface area contributed by atoms with Gasteiger partial charge in [0.2, 0.25) is 5.91 Å². The first-order valence-corrected chi connectivity index (χ1v) is 11.1. The van der Waals surface area contributed by atoms with E-state index in [0.29, 0.717) is 27.4 Å². The smallest absolute Gasteiger partial charge is 0.240 e. The third-order valence-electron chi connectivity index (χ3n) is 4.89. The monoisotopic (exact) mass is 464 g/mol. The second-order valence-corrected chi connectivity index (χ2v) is 8.65. The lowest BCUT2D eigenvalue weighted by atomic mass is 10.2. The molecule has 5 nitrogen and oxygen atoms in total. The molecule has 1 amide bonds. The van der Waals surface area contributed by atoms with E-state index in [9.17, 15) is 9.18 Å². The van der Waals surface area contributed by atoms with Crippen molar-refractivity contribution < 1.29 is 9.18 Å². The molecule has 0 radical (unpaired) electrons. The van der Waals surface area contributed by atoms with Crippen LogP contribution in [0.2, 0.25) is 10.0 Å². The molecule has 3 aromatic rings. The lowest BCUT2D eigenvalue weighted by Gasteiger charge is -2.35. The van der Waals surface area contributed by atoms with Gasteiger partial charge in [0.25, 0.3) is 0 Å². The van der Waals surface area contributed by atoms with E-state index in [-0.39, 0.29) is 11.7 Å². The third kappa shape index (κ3) is 5.10. The van der Waals surface area contributed by atoms with Crippen molar-refractivity contribution in [3.63, 3.8) is 0 Å². The lowest BCUT2D eigenvalue weighted by Crippen LogP contribution is -2.48. The Morgan fingerprint density at radius 3 is 2.53 bits per heavy atom. The quantitative estimate of drug-likeness (QED) is 0.575. The van der Waals surface area contributed by atoms with E-state index in [4.69, 9.17) is 23.2 Å². The summed E-state index contributed by atoms with van der Waals surface area (Å²) in [7, 11) is 0. The second kappa shape index (κ2) is 9.31. The highest BCUT2D eigenvalue weighted by atomic mass is 35.5. The Morgan fingerprint density at radius 2 is 1.83 bits per heavy atom. The van der Waals surface area contributed by atoms with Gasteiger partial charge < -0.3 is 10.2 Å². The fraction of sp³-hybridized carbons (Fsp3) is 0.238. The van der Waals surface area contributed by atoms with E-state index in [1.165, 1.54) is 23.5 Å². The van der Waals surface area contributed by atoms with Crippen LogP contribution in [0.1, 0.15) is 0 Å². The van der Waals surface area contributed by atoms with Crippen molar-refractivity contribution >= 4 is 51.3 Å². The number of rotatable bonds is 5. The zero-order valence-electron chi connectivity index (χ0n) is 15.9. The van der Waals surface area contributed by atoms with E-state index < -0.39 is 0 Å². The van der Waals surface area contributed by atoms with Gasteiger partial charge in [0.15, 0.2) is 5.13 Å². The Balaban J connectivity index is 1.29. The van der Waals surface area contributed by atoms with Gasteiger partial charge in [-0.05, 0) is 42.5 Å². The van der Waals surface area contributed by atoms with Crippen LogP contribution in [0.5, 0.6) is 0 Å². The molecule has 2 heterocycles. The van der Waals surface area contributed by atoms with Crippen LogP contribution in [0.25, 0.3) is 11.3 Å². The molecule has 1 fully saturated rings. The van der Waals surface area contributed by atoms with Crippen molar-refractivity contribution in [2.24, 2.45) is 0 Å². The Morgan fingerprint density at radius 1 is 1.10 bits per heavy atom. The zero-order valence-corrected chi connectivity index (χ0v) is 18.3. The first-order valence-electron chi connectivity index (χ1n) is 9.41. The lowest BCUT2D eigenvalue weighted by molar-refractivity contribution is -0.117. The summed E-state index contributed by atoms with van der Waals surface area (Å²) in [6.07, 6.45) is 0. The summed E-state index contributed by atoms with van der Waals surface area (Å²) in [5.74, 6) is -0.342. The van der Waals surface area contributed by atoms with Gasteiger partial charge in [0, 0.05) is 47.8 Å². The van der Waals surface area contributed by atoms with E-state index in [0.717, 1.165) is 37.4 Å². The third-order valence-corrected chi connectivity index (χ3v) is 6.19. The molecule has 0 saturated carbocycles. The van der Waals surface area contributed by atoms with Gasteiger partial charge in [-0.15, -0.1) is 11.3 Å². The number of benzene rings is 2. The van der Waals surface area contributed by atoms with Crippen LogP contribution in [0.3, 0.4) is 0 Å². The Bertz CT molecular complexity index is 1040. The van der Waals surface area contributed by atoms with Gasteiger partial charge in [-0.1, -0.05) is 23.2 Å². The maximum atomic E-state index is 13.1. The Hall–Kier alpha value is -2.19. The Labute approximate surface area is 188 Å². The molecule has 1 aliphatic heterocycles. The molecule has 1 aromatic heterocycles. The van der Waals surface area contributed by atoms with Gasteiger partial charge in [0.05, 0.1) is 17.3 Å². The number of hydrogen-bond donors (Lipinski definition) is 1. The van der Waals surface area contributed by atoms with Crippen LogP contribution in [0, 0.1) is 5.82 Å². The number of thiazole rings is 1. The first-order chi connectivity index (χ1) is 14.5. The highest BCUT2D eigenvalue weighted by Crippen LogP contribution is 2.32. The van der Waals surface area contributed by atoms with Gasteiger partial charge in [-0.3, -0.25) is 9.69 Å². The minimum absolute atomic E-state index is 0.103. The molecule has 9 heteroatoms. The van der Waals surface area contributed by atoms with E-state index >= 15 is 0 Å². The predicted octanol–water partition coefficient (Wildman–Crippen LogP) is 5.02. The molecule has 4 rings (SSSR count). The fourth-order valence-electron chi connectivity index (χ4n) is 3.33. The van der Waals surface area contributed by atoms with Crippen molar-refractivity contribution in [2.75, 3.05) is 42.9 Å². The molecule has 0 spiro atoms. The molecule has 2 aromatic carbocycles. The molecule has 0 unspecified atom stereocenters. The number of piperazine rings is 1. The van der Waals surface area contributed by atoms with Crippen molar-refractivity contribution in [1.82, 2.24) is 9.88 Å². The number of carbonyl (C=O) groups excluding carboxylic acids is 1. The Kier molecular flexibility index (Phi) is 6.53. The summed E-state index contributed by atoms with van der Waals surface area (Å²) < 4.78 is 13.1. The number of carbonyl (C=O) groups is 1. The summed E-state index contributed by atoms with van der Waals surface area (Å²) in [5, 5.41) is 6.33. The number of amides is 1. The largest absolute Gasteiger partial charge is 0.369 e. The summed E-state index contributed by atoms with van der Waals surface area (Å²) in [6.45, 7) is 3.39. The predicted molar refractivity (Wildman–Crippen MR) is 121 cm³/mol. The van der Waals surface area contributed by atoms with Crippen molar-refractivity contribution in [3.8, 4) is 11.3 Å². The average Bonchev–Trinajstić information content (AvgIpc) is 3.17. The fourth-order valence-corrected chi connectivity index (χ4v) is 4.56. The average molecular weight is 465 g/mol. The summed E-state index contributed by atoms with van der Waals surface area (Å²) >= 11 is 13.5. The van der Waals surface area contributed by atoms with Gasteiger partial charge in [0.1, 0.15) is 5.82 Å². The SMILES string of the molecule is O=C(CN1CCN(c2ccc(F)cc2)CC1)Nc1nc(-c2ccc(Cl)cc2Cl)cs1. The van der Waals surface area contributed by atoms with Gasteiger partial charge in [-0.2, -0.15) is 0 Å². The second-order valence-electron chi connectivity index (χ2n) is 6.95. The molecular weight excluding hydrogens is 446 g/mol. The molecule has 0 atom stereocenters. The summed E-state index contributed by atoms with van der Waals surface area (Å²) in [5.41, 5.74) is 2.47. The van der Waals surface area contributed by atoms with Crippen molar-refractivity contribution in [1.29, 1.82) is 0 Å². The zero-order chi connectivity index (χ0) is 21.1. The molecule has 1 N–H and O–H groups in total. The number of nitrogens with one attached hydrogen (secondary N) is 1. The molecule has 1 aliphatic rings. The van der Waals surface area contributed by atoms with Gasteiger partial charge in [-0.25, -0.2) is 9.37 Å². The van der Waals surface area contributed by atoms with Crippen LogP contribution >= 0.6 is 34.5 Å². The summed E-state index contributed by atoms with van der Waals surface area (Å²) in [4.78, 5) is 21.2. The number of aromatic nitrogens is 1. The standard InChI is InChI=1S/C21H19Cl2FN4OS/c22-14-1-6-17(18(23)11-14)19-13-30-21(25-19)26-20(29)12-27-7-9-28(10-8-27)16-4-2-15(24)3-5-16/h1-6,11,13H,7-10,12H2,(H,25,26,29). The van der Waals surface area contributed by atoms with Crippen molar-refractivity contribution in [2.45, 2.75) is 0 Å². The van der Waals surface area contributed by atoms with Crippen LogP contribution in [0.15, 0.2) is 47.8 Å². The number of nitrogens with zero attached hydrogens (tertiary/aromatic N) is 3. The van der Waals surface area contributed by atoms with Crippen LogP contribution in [-0.2, 0) is 4.79 Å². The van der Waals surface area contributed by atoms with Crippen molar-refractivity contribution in [3.05, 3.63) is 63.7 Å². The number of halogens is 3.